The summed E-state index contributed by atoms with van der Waals surface area (Å²) in [6.07, 6.45) is -0.450. The number of nitrogens with zero attached hydrogens (tertiary/aromatic N) is 1. The van der Waals surface area contributed by atoms with Crippen LogP contribution in [0.1, 0.15) is 24.0 Å². The van der Waals surface area contributed by atoms with Crippen molar-refractivity contribution in [2.45, 2.75) is 19.0 Å². The highest BCUT2D eigenvalue weighted by Crippen LogP contribution is 2.32. The van der Waals surface area contributed by atoms with Crippen LogP contribution < -0.4 is 5.32 Å². The predicted molar refractivity (Wildman–Crippen MR) is 72.3 cm³/mol. The lowest BCUT2D eigenvalue weighted by Crippen LogP contribution is -2.09. The number of hydrogen-bond acceptors (Lipinski definition) is 3. The molecule has 0 aliphatic rings. The molecule has 1 N–H and O–H groups in total. The molecule has 0 aliphatic heterocycles. The van der Waals surface area contributed by atoms with Crippen molar-refractivity contribution in [2.75, 3.05) is 23.9 Å². The van der Waals surface area contributed by atoms with E-state index in [1.807, 2.05) is 6.26 Å². The summed E-state index contributed by atoms with van der Waals surface area (Å²) in [5.74, 6) is 1.07. The third-order valence-corrected chi connectivity index (χ3v) is 3.25. The van der Waals surface area contributed by atoms with E-state index in [0.717, 1.165) is 24.7 Å². The minimum absolute atomic E-state index is 0.346. The maximum atomic E-state index is 12.6. The molecule has 104 valence electrons. The van der Waals surface area contributed by atoms with Crippen molar-refractivity contribution in [3.8, 4) is 6.07 Å². The van der Waals surface area contributed by atoms with Crippen LogP contribution in [-0.2, 0) is 6.18 Å². The number of nitrogens with one attached hydrogen (secondary N) is 1. The van der Waals surface area contributed by atoms with Gasteiger partial charge in [0.1, 0.15) is 0 Å². The summed E-state index contributed by atoms with van der Waals surface area (Å²) in [7, 11) is 0. The lowest BCUT2D eigenvalue weighted by atomic mass is 10.1. The molecule has 0 saturated heterocycles. The van der Waals surface area contributed by atoms with Gasteiger partial charge in [-0.05, 0) is 43.0 Å². The van der Waals surface area contributed by atoms with Gasteiger partial charge in [0.25, 0.3) is 0 Å². The fraction of sp³-hybridized carbons (Fsp3) is 0.462. The van der Waals surface area contributed by atoms with Gasteiger partial charge in [-0.3, -0.25) is 0 Å². The molecule has 0 atom stereocenters. The first-order chi connectivity index (χ1) is 8.99. The van der Waals surface area contributed by atoms with E-state index < -0.39 is 11.7 Å². The van der Waals surface area contributed by atoms with Gasteiger partial charge < -0.3 is 5.32 Å². The summed E-state index contributed by atoms with van der Waals surface area (Å²) >= 11 is 1.76. The maximum Gasteiger partial charge on any atom is 0.417 e. The highest BCUT2D eigenvalue weighted by molar-refractivity contribution is 7.98. The number of rotatable bonds is 6. The van der Waals surface area contributed by atoms with Gasteiger partial charge in [-0.25, -0.2) is 0 Å². The van der Waals surface area contributed by atoms with Gasteiger partial charge in [-0.2, -0.15) is 30.2 Å². The van der Waals surface area contributed by atoms with E-state index >= 15 is 0 Å². The average molecular weight is 288 g/mol. The van der Waals surface area contributed by atoms with E-state index in [0.29, 0.717) is 12.2 Å². The monoisotopic (exact) mass is 288 g/mol. The van der Waals surface area contributed by atoms with Gasteiger partial charge in [-0.15, -0.1) is 0 Å². The third-order valence-electron chi connectivity index (χ3n) is 2.55. The molecule has 2 nitrogen and oxygen atoms in total. The summed E-state index contributed by atoms with van der Waals surface area (Å²) in [5, 5.41) is 11.8. The number of alkyl halides is 3. The second kappa shape index (κ2) is 7.29. The molecular weight excluding hydrogens is 273 g/mol. The molecule has 0 aromatic heterocycles. The van der Waals surface area contributed by atoms with Crippen LogP contribution in [0.5, 0.6) is 0 Å². The normalized spacial score (nSPS) is 11.1. The number of hydrogen-bond donors (Lipinski definition) is 1. The van der Waals surface area contributed by atoms with Crippen LogP contribution in [0, 0.1) is 11.3 Å². The van der Waals surface area contributed by atoms with E-state index in [9.17, 15) is 13.2 Å². The second-order valence-electron chi connectivity index (χ2n) is 4.00. The molecule has 6 heteroatoms. The second-order valence-corrected chi connectivity index (χ2v) is 4.98. The van der Waals surface area contributed by atoms with Crippen LogP contribution in [0.3, 0.4) is 0 Å². The van der Waals surface area contributed by atoms with Crippen molar-refractivity contribution in [3.05, 3.63) is 29.3 Å². The molecule has 19 heavy (non-hydrogen) atoms. The summed E-state index contributed by atoms with van der Waals surface area (Å²) in [4.78, 5) is 0. The minimum atomic E-state index is -4.48. The van der Waals surface area contributed by atoms with Gasteiger partial charge in [-0.1, -0.05) is 0 Å². The van der Waals surface area contributed by atoms with E-state index in [2.05, 4.69) is 5.32 Å². The zero-order valence-corrected chi connectivity index (χ0v) is 11.4. The Morgan fingerprint density at radius 1 is 1.32 bits per heavy atom. The molecule has 0 fully saturated rings. The fourth-order valence-corrected chi connectivity index (χ4v) is 2.09. The molecule has 0 spiro atoms. The number of anilines is 1. The lowest BCUT2D eigenvalue weighted by molar-refractivity contribution is -0.137. The quantitative estimate of drug-likeness (QED) is 0.799. The summed E-state index contributed by atoms with van der Waals surface area (Å²) < 4.78 is 37.8. The van der Waals surface area contributed by atoms with Gasteiger partial charge >= 0.3 is 6.18 Å². The molecule has 1 aromatic rings. The summed E-state index contributed by atoms with van der Waals surface area (Å²) in [6, 6.07) is 5.14. The molecule has 0 bridgehead atoms. The molecular formula is C13H15F3N2S. The van der Waals surface area contributed by atoms with Crippen molar-refractivity contribution < 1.29 is 13.2 Å². The number of halogens is 3. The number of thioether (sulfide) groups is 1. The molecule has 0 radical (unpaired) electrons. The standard InChI is InChI=1S/C13H15F3N2S/c1-19-7-3-2-6-18-11-4-5-12(13(14,15)16)10(8-11)9-17/h4-5,8,18H,2-3,6-7H2,1H3. The number of benzene rings is 1. The molecule has 0 unspecified atom stereocenters. The molecule has 0 heterocycles. The number of nitriles is 1. The van der Waals surface area contributed by atoms with Gasteiger partial charge in [0.2, 0.25) is 0 Å². The highest BCUT2D eigenvalue weighted by atomic mass is 32.2. The van der Waals surface area contributed by atoms with E-state index in [4.69, 9.17) is 5.26 Å². The third kappa shape index (κ3) is 5.03. The van der Waals surface area contributed by atoms with E-state index in [1.165, 1.54) is 12.1 Å². The largest absolute Gasteiger partial charge is 0.417 e. The average Bonchev–Trinajstić information content (AvgIpc) is 2.37. The molecule has 0 saturated carbocycles. The van der Waals surface area contributed by atoms with Gasteiger partial charge in [0, 0.05) is 12.2 Å². The first-order valence-corrected chi connectivity index (χ1v) is 7.22. The van der Waals surface area contributed by atoms with Crippen LogP contribution in [-0.4, -0.2) is 18.6 Å². The van der Waals surface area contributed by atoms with Crippen LogP contribution in [0.4, 0.5) is 18.9 Å². The van der Waals surface area contributed by atoms with E-state index in [-0.39, 0.29) is 5.56 Å². The Morgan fingerprint density at radius 3 is 2.63 bits per heavy atom. The molecule has 0 aliphatic carbocycles. The highest BCUT2D eigenvalue weighted by Gasteiger charge is 2.33. The smallest absolute Gasteiger partial charge is 0.385 e. The van der Waals surface area contributed by atoms with Crippen LogP contribution in [0.15, 0.2) is 18.2 Å². The van der Waals surface area contributed by atoms with E-state index in [1.54, 1.807) is 17.8 Å². The minimum Gasteiger partial charge on any atom is -0.385 e. The Hall–Kier alpha value is -1.35. The van der Waals surface area contributed by atoms with Crippen molar-refractivity contribution in [1.29, 1.82) is 5.26 Å². The first-order valence-electron chi connectivity index (χ1n) is 5.83. The van der Waals surface area contributed by atoms with Crippen LogP contribution in [0.2, 0.25) is 0 Å². The molecule has 1 aromatic carbocycles. The van der Waals surface area contributed by atoms with Gasteiger partial charge in [0.15, 0.2) is 0 Å². The fourth-order valence-electron chi connectivity index (χ4n) is 1.60. The zero-order valence-electron chi connectivity index (χ0n) is 10.5. The Bertz CT molecular complexity index is 452. The Morgan fingerprint density at radius 2 is 2.05 bits per heavy atom. The van der Waals surface area contributed by atoms with Crippen LogP contribution in [0.25, 0.3) is 0 Å². The van der Waals surface area contributed by atoms with Crippen molar-refractivity contribution in [2.24, 2.45) is 0 Å². The SMILES string of the molecule is CSCCCCNc1ccc(C(F)(F)F)c(C#N)c1. The summed E-state index contributed by atoms with van der Waals surface area (Å²) in [6.45, 7) is 0.691. The predicted octanol–water partition coefficient (Wildman–Crippen LogP) is 4.13. The van der Waals surface area contributed by atoms with Crippen LogP contribution >= 0.6 is 11.8 Å². The Balaban J connectivity index is 2.65. The van der Waals surface area contributed by atoms with Crippen molar-refractivity contribution in [1.82, 2.24) is 0 Å². The number of unbranched alkanes of at least 4 members (excludes halogenated alkanes) is 1. The molecule has 1 rings (SSSR count). The van der Waals surface area contributed by atoms with Gasteiger partial charge in [0.05, 0.1) is 17.2 Å². The summed E-state index contributed by atoms with van der Waals surface area (Å²) in [5.41, 5.74) is -0.682. The van der Waals surface area contributed by atoms with Crippen molar-refractivity contribution >= 4 is 17.4 Å². The lowest BCUT2D eigenvalue weighted by Gasteiger charge is -2.11. The topological polar surface area (TPSA) is 35.8 Å². The van der Waals surface area contributed by atoms with Crippen molar-refractivity contribution in [3.63, 3.8) is 0 Å². The first kappa shape index (κ1) is 15.7. The Labute approximate surface area is 115 Å². The maximum absolute atomic E-state index is 12.6. The molecule has 0 amide bonds. The Kier molecular flexibility index (Phi) is 6.03. The zero-order chi connectivity index (χ0) is 14.3.